The summed E-state index contributed by atoms with van der Waals surface area (Å²) in [5.41, 5.74) is 4.37. The Morgan fingerprint density at radius 3 is 2.75 bits per heavy atom. The molecule has 0 saturated heterocycles. The lowest BCUT2D eigenvalue weighted by molar-refractivity contribution is 0.280. The summed E-state index contributed by atoms with van der Waals surface area (Å²) in [5.74, 6) is 1.54. The smallest absolute Gasteiger partial charge is 0.324 e. The van der Waals surface area contributed by atoms with Gasteiger partial charge in [-0.3, -0.25) is 0 Å². The Kier molecular flexibility index (Phi) is 3.51. The summed E-state index contributed by atoms with van der Waals surface area (Å²) < 4.78 is 11.5. The molecular formula is C16H17BO3. The van der Waals surface area contributed by atoms with Crippen LogP contribution in [0.25, 0.3) is 0 Å². The van der Waals surface area contributed by atoms with E-state index in [1.54, 1.807) is 0 Å². The Hall–Kier alpha value is -1.78. The van der Waals surface area contributed by atoms with E-state index in [9.17, 15) is 5.11 Å². The van der Waals surface area contributed by atoms with Crippen molar-refractivity contribution in [3.05, 3.63) is 53.1 Å². The van der Waals surface area contributed by atoms with Gasteiger partial charge in [-0.1, -0.05) is 19.0 Å². The van der Waals surface area contributed by atoms with E-state index in [1.807, 2.05) is 37.3 Å². The summed E-state index contributed by atoms with van der Waals surface area (Å²) in [6.45, 7) is 4.87. The maximum absolute atomic E-state index is 9.29. The number of fused-ring (bicyclic) bond motifs is 1. The summed E-state index contributed by atoms with van der Waals surface area (Å²) in [6.07, 6.45) is 0. The second kappa shape index (κ2) is 5.31. The number of hydrogen-bond donors (Lipinski definition) is 1. The second-order valence-electron chi connectivity index (χ2n) is 5.16. The van der Waals surface area contributed by atoms with Crippen LogP contribution in [0.4, 0.5) is 0 Å². The van der Waals surface area contributed by atoms with Crippen molar-refractivity contribution in [3.63, 3.8) is 0 Å². The Balaban J connectivity index is 1.85. The Bertz CT molecular complexity index is 640. The van der Waals surface area contributed by atoms with E-state index in [-0.39, 0.29) is 13.5 Å². The van der Waals surface area contributed by atoms with Gasteiger partial charge in [0.1, 0.15) is 11.5 Å². The fraction of sp³-hybridized carbons (Fsp3) is 0.250. The fourth-order valence-electron chi connectivity index (χ4n) is 2.49. The van der Waals surface area contributed by atoms with Crippen molar-refractivity contribution in [2.75, 3.05) is 0 Å². The molecule has 0 spiro atoms. The molecule has 3 rings (SSSR count). The third kappa shape index (κ3) is 2.44. The second-order valence-corrected chi connectivity index (χ2v) is 5.16. The minimum Gasteiger partial charge on any atom is -0.457 e. The van der Waals surface area contributed by atoms with Gasteiger partial charge >= 0.3 is 6.92 Å². The Labute approximate surface area is 119 Å². The van der Waals surface area contributed by atoms with Crippen LogP contribution in [0.3, 0.4) is 0 Å². The van der Waals surface area contributed by atoms with Crippen LogP contribution in [0.5, 0.6) is 11.5 Å². The highest BCUT2D eigenvalue weighted by molar-refractivity contribution is 6.67. The van der Waals surface area contributed by atoms with Crippen molar-refractivity contribution in [1.82, 2.24) is 0 Å². The number of aliphatic hydroxyl groups excluding tert-OH is 1. The van der Waals surface area contributed by atoms with Crippen molar-refractivity contribution in [1.29, 1.82) is 0 Å². The Morgan fingerprint density at radius 1 is 1.20 bits per heavy atom. The van der Waals surface area contributed by atoms with Crippen LogP contribution >= 0.6 is 0 Å². The lowest BCUT2D eigenvalue weighted by Crippen LogP contribution is -2.23. The van der Waals surface area contributed by atoms with E-state index in [2.05, 4.69) is 12.9 Å². The number of aliphatic hydroxyl groups is 1. The summed E-state index contributed by atoms with van der Waals surface area (Å²) in [4.78, 5) is 0. The van der Waals surface area contributed by atoms with Crippen molar-refractivity contribution in [3.8, 4) is 11.5 Å². The van der Waals surface area contributed by atoms with Gasteiger partial charge in [0, 0.05) is 0 Å². The molecule has 2 aromatic carbocycles. The van der Waals surface area contributed by atoms with Gasteiger partial charge in [-0.05, 0) is 53.3 Å². The predicted octanol–water partition coefficient (Wildman–Crippen LogP) is 2.64. The number of benzene rings is 2. The van der Waals surface area contributed by atoms with Crippen LogP contribution < -0.4 is 10.2 Å². The van der Waals surface area contributed by atoms with Crippen LogP contribution in [-0.2, 0) is 17.9 Å². The summed E-state index contributed by atoms with van der Waals surface area (Å²) in [6, 6.07) is 11.8. The minimum atomic E-state index is 0.0264. The number of hydrogen-bond acceptors (Lipinski definition) is 3. The molecule has 1 heterocycles. The normalized spacial score (nSPS) is 13.4. The van der Waals surface area contributed by atoms with Gasteiger partial charge in [-0.15, -0.1) is 0 Å². The first-order valence-corrected chi connectivity index (χ1v) is 6.80. The van der Waals surface area contributed by atoms with E-state index >= 15 is 0 Å². The van der Waals surface area contributed by atoms with Gasteiger partial charge in [-0.2, -0.15) is 0 Å². The molecule has 20 heavy (non-hydrogen) atoms. The number of aryl methyl sites for hydroxylation is 1. The molecule has 0 bridgehead atoms. The molecular weight excluding hydrogens is 251 g/mol. The first-order chi connectivity index (χ1) is 9.67. The molecule has 0 aromatic heterocycles. The lowest BCUT2D eigenvalue weighted by atomic mass is 9.64. The highest BCUT2D eigenvalue weighted by atomic mass is 16.5. The van der Waals surface area contributed by atoms with Crippen LogP contribution in [0.15, 0.2) is 36.4 Å². The monoisotopic (exact) mass is 268 g/mol. The van der Waals surface area contributed by atoms with E-state index in [0.717, 1.165) is 22.6 Å². The van der Waals surface area contributed by atoms with Gasteiger partial charge < -0.3 is 14.5 Å². The van der Waals surface area contributed by atoms with Crippen molar-refractivity contribution in [2.45, 2.75) is 27.0 Å². The molecule has 4 heteroatoms. The minimum absolute atomic E-state index is 0.0264. The molecule has 0 atom stereocenters. The summed E-state index contributed by atoms with van der Waals surface area (Å²) >= 11 is 0. The van der Waals surface area contributed by atoms with Crippen LogP contribution in [-0.4, -0.2) is 12.0 Å². The maximum Gasteiger partial charge on any atom is 0.324 e. The zero-order valence-corrected chi connectivity index (χ0v) is 11.7. The van der Waals surface area contributed by atoms with Crippen LogP contribution in [0.1, 0.15) is 16.7 Å². The molecule has 1 N–H and O–H groups in total. The summed E-state index contributed by atoms with van der Waals surface area (Å²) in [7, 11) is 0. The molecule has 0 unspecified atom stereocenters. The Morgan fingerprint density at radius 2 is 1.95 bits per heavy atom. The third-order valence-electron chi connectivity index (χ3n) is 3.77. The highest BCUT2D eigenvalue weighted by Gasteiger charge is 2.23. The number of ether oxygens (including phenoxy) is 1. The van der Waals surface area contributed by atoms with Gasteiger partial charge in [0.2, 0.25) is 0 Å². The van der Waals surface area contributed by atoms with Gasteiger partial charge in [0.05, 0.1) is 13.2 Å². The van der Waals surface area contributed by atoms with Gasteiger partial charge in [-0.25, -0.2) is 0 Å². The third-order valence-corrected chi connectivity index (χ3v) is 3.77. The van der Waals surface area contributed by atoms with Gasteiger partial charge in [0.15, 0.2) is 0 Å². The molecule has 0 fully saturated rings. The topological polar surface area (TPSA) is 38.7 Å². The van der Waals surface area contributed by atoms with E-state index in [4.69, 9.17) is 9.39 Å². The molecule has 1 aliphatic heterocycles. The molecule has 0 aliphatic carbocycles. The molecule has 102 valence electrons. The molecule has 3 nitrogen and oxygen atoms in total. The largest absolute Gasteiger partial charge is 0.457 e. The fourth-order valence-corrected chi connectivity index (χ4v) is 2.49. The average molecular weight is 268 g/mol. The molecule has 0 amide bonds. The zero-order chi connectivity index (χ0) is 14.1. The first-order valence-electron chi connectivity index (χ1n) is 6.80. The highest BCUT2D eigenvalue weighted by Crippen LogP contribution is 2.25. The van der Waals surface area contributed by atoms with Crippen LogP contribution in [0.2, 0.25) is 6.82 Å². The molecule has 0 saturated carbocycles. The molecule has 2 aromatic rings. The van der Waals surface area contributed by atoms with Crippen molar-refractivity contribution in [2.24, 2.45) is 0 Å². The summed E-state index contributed by atoms with van der Waals surface area (Å²) in [5, 5.41) is 9.29. The van der Waals surface area contributed by atoms with Gasteiger partial charge in [0.25, 0.3) is 0 Å². The predicted molar refractivity (Wildman–Crippen MR) is 79.7 cm³/mol. The van der Waals surface area contributed by atoms with Crippen LogP contribution in [0, 0.1) is 6.92 Å². The van der Waals surface area contributed by atoms with Crippen molar-refractivity contribution >= 4 is 12.4 Å². The number of rotatable bonds is 3. The van der Waals surface area contributed by atoms with E-state index < -0.39 is 0 Å². The zero-order valence-electron chi connectivity index (χ0n) is 11.7. The maximum atomic E-state index is 9.29. The standard InChI is InChI=1S/C16H17BO3/c1-11-3-4-14(7-12(11)9-18)20-15-5-6-16-13(8-15)10-19-17(16)2/h3-8,18H,9-10H2,1-2H3. The average Bonchev–Trinajstić information content (AvgIpc) is 2.82. The molecule has 0 radical (unpaired) electrons. The SMILES string of the molecule is CB1OCc2cc(Oc3ccc(C)c(CO)c3)ccc21. The van der Waals surface area contributed by atoms with E-state index in [0.29, 0.717) is 6.61 Å². The van der Waals surface area contributed by atoms with Crippen molar-refractivity contribution < 1.29 is 14.5 Å². The van der Waals surface area contributed by atoms with E-state index in [1.165, 1.54) is 11.0 Å². The molecule has 1 aliphatic rings. The lowest BCUT2D eigenvalue weighted by Gasteiger charge is -2.10. The first kappa shape index (κ1) is 13.2. The quantitative estimate of drug-likeness (QED) is 0.870.